The molecule has 1 fully saturated rings. The number of rotatable bonds is 8. The van der Waals surface area contributed by atoms with Crippen LogP contribution in [0.4, 0.5) is 4.79 Å². The first kappa shape index (κ1) is 19.9. The van der Waals surface area contributed by atoms with Crippen molar-refractivity contribution in [2.45, 2.75) is 44.9 Å². The van der Waals surface area contributed by atoms with Gasteiger partial charge in [0.1, 0.15) is 5.75 Å². The van der Waals surface area contributed by atoms with E-state index in [-0.39, 0.29) is 12.1 Å². The van der Waals surface area contributed by atoms with Gasteiger partial charge in [0.2, 0.25) is 0 Å². The zero-order chi connectivity index (χ0) is 19.8. The molecule has 2 N–H and O–H groups in total. The number of para-hydroxylation sites is 1. The molecule has 1 aliphatic carbocycles. The minimum Gasteiger partial charge on any atom is -0.496 e. The zero-order valence-electron chi connectivity index (χ0n) is 16.5. The van der Waals surface area contributed by atoms with Crippen molar-refractivity contribution >= 4 is 6.03 Å². The molecular weight excluding hydrogens is 356 g/mol. The smallest absolute Gasteiger partial charge is 0.315 e. The summed E-state index contributed by atoms with van der Waals surface area (Å²) in [4.78, 5) is 12.2. The van der Waals surface area contributed by atoms with Crippen molar-refractivity contribution in [3.05, 3.63) is 53.6 Å². The predicted molar refractivity (Wildman–Crippen MR) is 108 cm³/mol. The van der Waals surface area contributed by atoms with Gasteiger partial charge in [-0.25, -0.2) is 4.79 Å². The molecule has 1 aliphatic rings. The van der Waals surface area contributed by atoms with Crippen LogP contribution in [0.5, 0.6) is 17.2 Å². The number of carbonyl (C=O) groups is 1. The van der Waals surface area contributed by atoms with Gasteiger partial charge in [-0.3, -0.25) is 0 Å². The average molecular weight is 384 g/mol. The van der Waals surface area contributed by atoms with Gasteiger partial charge < -0.3 is 24.8 Å². The van der Waals surface area contributed by atoms with Crippen molar-refractivity contribution in [3.8, 4) is 17.2 Å². The summed E-state index contributed by atoms with van der Waals surface area (Å²) in [5.41, 5.74) is 1.89. The van der Waals surface area contributed by atoms with Gasteiger partial charge in [-0.2, -0.15) is 0 Å². The van der Waals surface area contributed by atoms with E-state index in [4.69, 9.17) is 14.2 Å². The molecule has 0 radical (unpaired) electrons. The van der Waals surface area contributed by atoms with E-state index < -0.39 is 0 Å². The largest absolute Gasteiger partial charge is 0.496 e. The summed E-state index contributed by atoms with van der Waals surface area (Å²) in [5, 5.41) is 5.73. The predicted octanol–water partition coefficient (Wildman–Crippen LogP) is 4.02. The zero-order valence-corrected chi connectivity index (χ0v) is 16.5. The third-order valence-electron chi connectivity index (χ3n) is 4.91. The molecule has 150 valence electrons. The van der Waals surface area contributed by atoms with E-state index >= 15 is 0 Å². The van der Waals surface area contributed by atoms with Crippen molar-refractivity contribution in [2.75, 3.05) is 14.2 Å². The van der Waals surface area contributed by atoms with Crippen LogP contribution in [0.1, 0.15) is 36.8 Å². The van der Waals surface area contributed by atoms with E-state index in [1.807, 2.05) is 42.5 Å². The van der Waals surface area contributed by atoms with Crippen molar-refractivity contribution in [1.82, 2.24) is 10.6 Å². The summed E-state index contributed by atoms with van der Waals surface area (Å²) >= 11 is 0. The highest BCUT2D eigenvalue weighted by atomic mass is 16.5. The highest BCUT2D eigenvalue weighted by molar-refractivity contribution is 5.74. The Morgan fingerprint density at radius 2 is 1.64 bits per heavy atom. The fourth-order valence-electron chi connectivity index (χ4n) is 3.38. The lowest BCUT2D eigenvalue weighted by Gasteiger charge is -2.17. The van der Waals surface area contributed by atoms with Gasteiger partial charge >= 0.3 is 6.03 Å². The highest BCUT2D eigenvalue weighted by Gasteiger charge is 2.18. The van der Waals surface area contributed by atoms with Crippen molar-refractivity contribution in [1.29, 1.82) is 0 Å². The van der Waals surface area contributed by atoms with Crippen LogP contribution in [0.15, 0.2) is 42.5 Å². The molecule has 28 heavy (non-hydrogen) atoms. The van der Waals surface area contributed by atoms with E-state index in [9.17, 15) is 4.79 Å². The van der Waals surface area contributed by atoms with Crippen LogP contribution in [-0.2, 0) is 13.1 Å². The Balaban J connectivity index is 1.53. The number of nitrogens with one attached hydrogen (secondary N) is 2. The number of carbonyl (C=O) groups excluding carboxylic acids is 1. The van der Waals surface area contributed by atoms with Gasteiger partial charge in [0.05, 0.1) is 20.3 Å². The maximum absolute atomic E-state index is 12.2. The van der Waals surface area contributed by atoms with E-state index in [2.05, 4.69) is 10.6 Å². The number of hydrogen-bond donors (Lipinski definition) is 2. The molecule has 2 aromatic rings. The summed E-state index contributed by atoms with van der Waals surface area (Å²) in [7, 11) is 3.26. The number of benzene rings is 2. The molecule has 0 bridgehead atoms. The molecule has 3 rings (SSSR count). The van der Waals surface area contributed by atoms with Crippen LogP contribution in [0.25, 0.3) is 0 Å². The standard InChI is InChI=1S/C22H28N2O4/c1-26-19-10-6-3-7-17(19)15-24-22(25)23-14-16-11-12-20(27-2)21(13-16)28-18-8-4-5-9-18/h3,6-7,10-13,18H,4-5,8-9,14-15H2,1-2H3,(H2,23,24,25). The van der Waals surface area contributed by atoms with Crippen molar-refractivity contribution < 1.29 is 19.0 Å². The van der Waals surface area contributed by atoms with E-state index in [1.54, 1.807) is 14.2 Å². The first-order chi connectivity index (χ1) is 13.7. The lowest BCUT2D eigenvalue weighted by atomic mass is 10.2. The minimum absolute atomic E-state index is 0.236. The summed E-state index contributed by atoms with van der Waals surface area (Å²) in [6, 6.07) is 13.1. The summed E-state index contributed by atoms with van der Waals surface area (Å²) in [6.07, 6.45) is 4.83. The van der Waals surface area contributed by atoms with Crippen LogP contribution in [-0.4, -0.2) is 26.4 Å². The molecule has 0 spiro atoms. The molecular formula is C22H28N2O4. The van der Waals surface area contributed by atoms with Gasteiger partial charge in [-0.1, -0.05) is 24.3 Å². The van der Waals surface area contributed by atoms with Crippen LogP contribution in [0.2, 0.25) is 0 Å². The van der Waals surface area contributed by atoms with Gasteiger partial charge in [-0.15, -0.1) is 0 Å². The first-order valence-corrected chi connectivity index (χ1v) is 9.66. The molecule has 0 aromatic heterocycles. The third-order valence-corrected chi connectivity index (χ3v) is 4.91. The number of methoxy groups -OCH3 is 2. The normalized spacial score (nSPS) is 13.8. The summed E-state index contributed by atoms with van der Waals surface area (Å²) in [5.74, 6) is 2.21. The molecule has 6 heteroatoms. The fraction of sp³-hybridized carbons (Fsp3) is 0.409. The second kappa shape index (κ2) is 9.88. The maximum atomic E-state index is 12.2. The van der Waals surface area contributed by atoms with Gasteiger partial charge in [0, 0.05) is 18.7 Å². The van der Waals surface area contributed by atoms with Gasteiger partial charge in [0.15, 0.2) is 11.5 Å². The molecule has 0 saturated heterocycles. The Kier molecular flexibility index (Phi) is 7.00. The topological polar surface area (TPSA) is 68.8 Å². The van der Waals surface area contributed by atoms with E-state index in [1.165, 1.54) is 12.8 Å². The quantitative estimate of drug-likeness (QED) is 0.721. The number of urea groups is 1. The molecule has 2 aromatic carbocycles. The highest BCUT2D eigenvalue weighted by Crippen LogP contribution is 2.32. The first-order valence-electron chi connectivity index (χ1n) is 9.66. The molecule has 0 heterocycles. The maximum Gasteiger partial charge on any atom is 0.315 e. The molecule has 0 unspecified atom stereocenters. The lowest BCUT2D eigenvalue weighted by Crippen LogP contribution is -2.34. The monoisotopic (exact) mass is 384 g/mol. The second-order valence-electron chi connectivity index (χ2n) is 6.86. The number of ether oxygens (including phenoxy) is 3. The molecule has 6 nitrogen and oxygen atoms in total. The van der Waals surface area contributed by atoms with Crippen LogP contribution < -0.4 is 24.8 Å². The second-order valence-corrected chi connectivity index (χ2v) is 6.86. The van der Waals surface area contributed by atoms with Gasteiger partial charge in [-0.05, 0) is 49.4 Å². The Labute approximate surface area is 166 Å². The SMILES string of the molecule is COc1ccccc1CNC(=O)NCc1ccc(OC)c(OC2CCCC2)c1. The molecule has 1 saturated carbocycles. The third kappa shape index (κ3) is 5.31. The molecule has 0 atom stereocenters. The Morgan fingerprint density at radius 1 is 0.929 bits per heavy atom. The number of hydrogen-bond acceptors (Lipinski definition) is 4. The summed E-state index contributed by atoms with van der Waals surface area (Å²) in [6.45, 7) is 0.803. The minimum atomic E-state index is -0.236. The molecule has 2 amide bonds. The summed E-state index contributed by atoms with van der Waals surface area (Å²) < 4.78 is 16.8. The van der Waals surface area contributed by atoms with Crippen molar-refractivity contribution in [2.24, 2.45) is 0 Å². The Morgan fingerprint density at radius 3 is 2.39 bits per heavy atom. The lowest BCUT2D eigenvalue weighted by molar-refractivity contribution is 0.200. The average Bonchev–Trinajstić information content (AvgIpc) is 3.24. The number of amides is 2. The van der Waals surface area contributed by atoms with E-state index in [0.717, 1.165) is 41.2 Å². The Hall–Kier alpha value is -2.89. The van der Waals surface area contributed by atoms with Crippen LogP contribution >= 0.6 is 0 Å². The van der Waals surface area contributed by atoms with E-state index in [0.29, 0.717) is 13.1 Å². The molecule has 0 aliphatic heterocycles. The van der Waals surface area contributed by atoms with Crippen LogP contribution in [0.3, 0.4) is 0 Å². The Bertz CT molecular complexity index is 788. The van der Waals surface area contributed by atoms with Gasteiger partial charge in [0.25, 0.3) is 0 Å². The van der Waals surface area contributed by atoms with Crippen LogP contribution in [0, 0.1) is 0 Å². The fourth-order valence-corrected chi connectivity index (χ4v) is 3.38. The van der Waals surface area contributed by atoms with Crippen molar-refractivity contribution in [3.63, 3.8) is 0 Å².